The molecule has 0 saturated carbocycles. The number of benzene rings is 2. The van der Waals surface area contributed by atoms with Gasteiger partial charge in [0.05, 0.1) is 6.42 Å². The normalized spacial score (nSPS) is 15.5. The average molecular weight is 367 g/mol. The number of nitrogens with zero attached hydrogens (tertiary/aromatic N) is 1. The van der Waals surface area contributed by atoms with E-state index >= 15 is 0 Å². The number of nitrogens with one attached hydrogen (secondary N) is 1. The van der Waals surface area contributed by atoms with Crippen molar-refractivity contribution in [1.29, 1.82) is 0 Å². The van der Waals surface area contributed by atoms with Crippen LogP contribution in [0.5, 0.6) is 5.75 Å². The highest BCUT2D eigenvalue weighted by atomic mass is 16.5. The Bertz CT molecular complexity index is 762. The number of piperidine rings is 1. The number of aryl methyl sites for hydroxylation is 2. The Hall–Kier alpha value is -2.33. The highest BCUT2D eigenvalue weighted by Crippen LogP contribution is 2.19. The zero-order valence-electron chi connectivity index (χ0n) is 16.6. The zero-order chi connectivity index (χ0) is 19.2. The van der Waals surface area contributed by atoms with Crippen LogP contribution in [0.25, 0.3) is 0 Å². The predicted molar refractivity (Wildman–Crippen MR) is 109 cm³/mol. The van der Waals surface area contributed by atoms with E-state index in [1.807, 2.05) is 31.2 Å². The number of ether oxygens (including phenoxy) is 1. The van der Waals surface area contributed by atoms with Crippen molar-refractivity contribution < 1.29 is 9.53 Å². The van der Waals surface area contributed by atoms with Crippen molar-refractivity contribution in [2.75, 3.05) is 20.1 Å². The molecule has 2 aromatic carbocycles. The summed E-state index contributed by atoms with van der Waals surface area (Å²) in [6, 6.07) is 14.3. The maximum atomic E-state index is 12.3. The molecule has 0 atom stereocenters. The summed E-state index contributed by atoms with van der Waals surface area (Å²) in [5, 5.41) is 3.01. The lowest BCUT2D eigenvalue weighted by Gasteiger charge is -2.29. The maximum absolute atomic E-state index is 12.3. The summed E-state index contributed by atoms with van der Waals surface area (Å²) in [5.74, 6) is 0.963. The molecule has 0 aromatic heterocycles. The fourth-order valence-electron chi connectivity index (χ4n) is 3.41. The largest absolute Gasteiger partial charge is 0.490 e. The molecule has 144 valence electrons. The van der Waals surface area contributed by atoms with Gasteiger partial charge in [0.15, 0.2) is 0 Å². The van der Waals surface area contributed by atoms with Crippen molar-refractivity contribution in [3.63, 3.8) is 0 Å². The molecule has 3 rings (SSSR count). The van der Waals surface area contributed by atoms with Crippen LogP contribution in [0.2, 0.25) is 0 Å². The molecular formula is C23H30N2O2. The summed E-state index contributed by atoms with van der Waals surface area (Å²) in [7, 11) is 2.15. The van der Waals surface area contributed by atoms with E-state index in [1.165, 1.54) is 5.56 Å². The predicted octanol–water partition coefficient (Wildman–Crippen LogP) is 3.64. The Kier molecular flexibility index (Phi) is 6.51. The van der Waals surface area contributed by atoms with Gasteiger partial charge in [0.1, 0.15) is 11.9 Å². The molecule has 1 N–H and O–H groups in total. The highest BCUT2D eigenvalue weighted by molar-refractivity contribution is 5.79. The molecule has 27 heavy (non-hydrogen) atoms. The van der Waals surface area contributed by atoms with Crippen LogP contribution >= 0.6 is 0 Å². The Morgan fingerprint density at radius 3 is 2.52 bits per heavy atom. The minimum absolute atomic E-state index is 0.0513. The van der Waals surface area contributed by atoms with Gasteiger partial charge in [-0.2, -0.15) is 0 Å². The summed E-state index contributed by atoms with van der Waals surface area (Å²) >= 11 is 0. The van der Waals surface area contributed by atoms with Gasteiger partial charge in [0.2, 0.25) is 5.91 Å². The molecule has 1 heterocycles. The van der Waals surface area contributed by atoms with Gasteiger partial charge in [-0.1, -0.05) is 35.9 Å². The quantitative estimate of drug-likeness (QED) is 0.849. The van der Waals surface area contributed by atoms with E-state index < -0.39 is 0 Å². The number of hydrogen-bond acceptors (Lipinski definition) is 3. The summed E-state index contributed by atoms with van der Waals surface area (Å²) in [5.41, 5.74) is 4.52. The summed E-state index contributed by atoms with van der Waals surface area (Å²) in [6.45, 7) is 6.82. The second-order valence-corrected chi connectivity index (χ2v) is 7.65. The van der Waals surface area contributed by atoms with E-state index in [-0.39, 0.29) is 5.91 Å². The number of carbonyl (C=O) groups excluding carboxylic acids is 1. The molecule has 0 spiro atoms. The molecular weight excluding hydrogens is 336 g/mol. The number of amides is 1. The molecule has 0 unspecified atom stereocenters. The molecule has 0 aliphatic carbocycles. The molecule has 2 aromatic rings. The summed E-state index contributed by atoms with van der Waals surface area (Å²) < 4.78 is 6.07. The second-order valence-electron chi connectivity index (χ2n) is 7.65. The van der Waals surface area contributed by atoms with Crippen LogP contribution in [0.4, 0.5) is 0 Å². The van der Waals surface area contributed by atoms with Crippen LogP contribution in [0.15, 0.2) is 42.5 Å². The van der Waals surface area contributed by atoms with Crippen molar-refractivity contribution in [1.82, 2.24) is 10.2 Å². The Morgan fingerprint density at radius 1 is 1.11 bits per heavy atom. The lowest BCUT2D eigenvalue weighted by Crippen LogP contribution is -2.35. The van der Waals surface area contributed by atoms with Gasteiger partial charge in [0.25, 0.3) is 0 Å². The van der Waals surface area contributed by atoms with E-state index in [2.05, 4.69) is 42.4 Å². The first-order chi connectivity index (χ1) is 13.0. The summed E-state index contributed by atoms with van der Waals surface area (Å²) in [4.78, 5) is 14.6. The lowest BCUT2D eigenvalue weighted by atomic mass is 10.0. The third-order valence-corrected chi connectivity index (χ3v) is 5.24. The number of likely N-dealkylation sites (tertiary alicyclic amines) is 1. The van der Waals surface area contributed by atoms with E-state index in [4.69, 9.17) is 4.74 Å². The molecule has 1 saturated heterocycles. The molecule has 0 bridgehead atoms. The molecule has 0 radical (unpaired) electrons. The van der Waals surface area contributed by atoms with Crippen LogP contribution in [0.3, 0.4) is 0 Å². The van der Waals surface area contributed by atoms with Gasteiger partial charge < -0.3 is 15.0 Å². The third kappa shape index (κ3) is 5.83. The number of carbonyl (C=O) groups is 1. The van der Waals surface area contributed by atoms with Crippen molar-refractivity contribution in [3.05, 3.63) is 64.7 Å². The standard InChI is InChI=1S/C23H30N2O2/c1-17-4-5-18(2)20(14-17)15-23(26)24-16-19-6-8-21(9-7-19)27-22-10-12-25(3)13-11-22/h4-9,14,22H,10-13,15-16H2,1-3H3,(H,24,26). The van der Waals surface area contributed by atoms with Crippen molar-refractivity contribution in [2.45, 2.75) is 45.8 Å². The third-order valence-electron chi connectivity index (χ3n) is 5.24. The SMILES string of the molecule is Cc1ccc(C)c(CC(=O)NCc2ccc(OC3CCN(C)CC3)cc2)c1. The summed E-state index contributed by atoms with van der Waals surface area (Å²) in [6.07, 6.45) is 2.88. The van der Waals surface area contributed by atoms with Gasteiger partial charge in [-0.3, -0.25) is 4.79 Å². The average Bonchev–Trinajstić information content (AvgIpc) is 2.66. The first-order valence-electron chi connectivity index (χ1n) is 9.76. The number of hydrogen-bond donors (Lipinski definition) is 1. The van der Waals surface area contributed by atoms with Crippen molar-refractivity contribution >= 4 is 5.91 Å². The Morgan fingerprint density at radius 2 is 1.81 bits per heavy atom. The van der Waals surface area contributed by atoms with E-state index in [9.17, 15) is 4.79 Å². The van der Waals surface area contributed by atoms with Crippen molar-refractivity contribution in [3.8, 4) is 5.75 Å². The van der Waals surface area contributed by atoms with E-state index in [0.29, 0.717) is 19.1 Å². The molecule has 4 heteroatoms. The topological polar surface area (TPSA) is 41.6 Å². The van der Waals surface area contributed by atoms with Crippen LogP contribution in [0.1, 0.15) is 35.1 Å². The van der Waals surface area contributed by atoms with Gasteiger partial charge in [-0.15, -0.1) is 0 Å². The zero-order valence-corrected chi connectivity index (χ0v) is 16.6. The van der Waals surface area contributed by atoms with Crippen LogP contribution < -0.4 is 10.1 Å². The van der Waals surface area contributed by atoms with Gasteiger partial charge in [-0.05, 0) is 62.6 Å². The van der Waals surface area contributed by atoms with Crippen LogP contribution in [0, 0.1) is 13.8 Å². The van der Waals surface area contributed by atoms with Crippen LogP contribution in [-0.4, -0.2) is 37.0 Å². The fraction of sp³-hybridized carbons (Fsp3) is 0.435. The first-order valence-corrected chi connectivity index (χ1v) is 9.76. The molecule has 1 aliphatic rings. The van der Waals surface area contributed by atoms with Crippen molar-refractivity contribution in [2.24, 2.45) is 0 Å². The molecule has 1 amide bonds. The lowest BCUT2D eigenvalue weighted by molar-refractivity contribution is -0.120. The van der Waals surface area contributed by atoms with Gasteiger partial charge in [0, 0.05) is 19.6 Å². The van der Waals surface area contributed by atoms with E-state index in [0.717, 1.165) is 48.4 Å². The second kappa shape index (κ2) is 9.05. The fourth-order valence-corrected chi connectivity index (χ4v) is 3.41. The first kappa shape index (κ1) is 19.4. The minimum Gasteiger partial charge on any atom is -0.490 e. The number of rotatable bonds is 6. The van der Waals surface area contributed by atoms with Crippen LogP contribution in [-0.2, 0) is 17.8 Å². The smallest absolute Gasteiger partial charge is 0.224 e. The Balaban J connectivity index is 1.47. The molecule has 1 fully saturated rings. The molecule has 4 nitrogen and oxygen atoms in total. The molecule has 1 aliphatic heterocycles. The maximum Gasteiger partial charge on any atom is 0.224 e. The monoisotopic (exact) mass is 366 g/mol. The minimum atomic E-state index is 0.0513. The van der Waals surface area contributed by atoms with Gasteiger partial charge in [-0.25, -0.2) is 0 Å². The van der Waals surface area contributed by atoms with E-state index in [1.54, 1.807) is 0 Å². The highest BCUT2D eigenvalue weighted by Gasteiger charge is 2.17. The van der Waals surface area contributed by atoms with Gasteiger partial charge >= 0.3 is 0 Å². The Labute approximate surface area is 162 Å².